The minimum atomic E-state index is -0.409. The van der Waals surface area contributed by atoms with E-state index in [1.54, 1.807) is 6.07 Å². The number of benzene rings is 1. The number of nitro groups is 1. The number of ether oxygens (including phenoxy) is 1. The fourth-order valence-electron chi connectivity index (χ4n) is 1.58. The summed E-state index contributed by atoms with van der Waals surface area (Å²) < 4.78 is 5.55. The van der Waals surface area contributed by atoms with E-state index in [4.69, 9.17) is 4.74 Å². The highest BCUT2D eigenvalue weighted by Crippen LogP contribution is 2.26. The molecule has 0 aromatic heterocycles. The van der Waals surface area contributed by atoms with Gasteiger partial charge in [-0.15, -0.1) is 0 Å². The molecule has 0 aliphatic heterocycles. The highest BCUT2D eigenvalue weighted by atomic mass is 16.6. The third-order valence-corrected chi connectivity index (χ3v) is 2.96. The van der Waals surface area contributed by atoms with Crippen LogP contribution in [-0.2, 0) is 0 Å². The van der Waals surface area contributed by atoms with Gasteiger partial charge < -0.3 is 15.0 Å². The molecule has 1 aromatic rings. The summed E-state index contributed by atoms with van der Waals surface area (Å²) >= 11 is 0. The summed E-state index contributed by atoms with van der Waals surface area (Å²) in [6.07, 6.45) is -0.0226. The van der Waals surface area contributed by atoms with Crippen molar-refractivity contribution in [3.05, 3.63) is 28.3 Å². The summed E-state index contributed by atoms with van der Waals surface area (Å²) in [5.74, 6) is 0.509. The molecule has 6 heteroatoms. The number of hydrogen-bond acceptors (Lipinski definition) is 5. The molecule has 0 fully saturated rings. The van der Waals surface area contributed by atoms with Crippen molar-refractivity contribution in [2.24, 2.45) is 0 Å². The molecule has 20 heavy (non-hydrogen) atoms. The van der Waals surface area contributed by atoms with Crippen molar-refractivity contribution in [2.45, 2.75) is 32.9 Å². The molecule has 0 saturated carbocycles. The van der Waals surface area contributed by atoms with Crippen LogP contribution in [0.1, 0.15) is 20.8 Å². The summed E-state index contributed by atoms with van der Waals surface area (Å²) in [7, 11) is 3.99. The lowest BCUT2D eigenvalue weighted by molar-refractivity contribution is -0.384. The number of non-ortho nitro benzene ring substituents is 1. The molecule has 1 N–H and O–H groups in total. The van der Waals surface area contributed by atoms with Crippen LogP contribution in [0.15, 0.2) is 18.2 Å². The fraction of sp³-hybridized carbons (Fsp3) is 0.571. The van der Waals surface area contributed by atoms with Crippen LogP contribution in [0.3, 0.4) is 0 Å². The van der Waals surface area contributed by atoms with E-state index in [2.05, 4.69) is 17.1 Å². The van der Waals surface area contributed by atoms with Crippen molar-refractivity contribution >= 4 is 11.4 Å². The van der Waals surface area contributed by atoms with Crippen molar-refractivity contribution in [2.75, 3.05) is 26.0 Å². The highest BCUT2D eigenvalue weighted by molar-refractivity contribution is 5.56. The van der Waals surface area contributed by atoms with Gasteiger partial charge in [0.25, 0.3) is 5.69 Å². The molecule has 0 spiro atoms. The lowest BCUT2D eigenvalue weighted by Gasteiger charge is -2.21. The average molecular weight is 281 g/mol. The van der Waals surface area contributed by atoms with Crippen LogP contribution in [-0.4, -0.2) is 42.6 Å². The van der Waals surface area contributed by atoms with Gasteiger partial charge in [-0.2, -0.15) is 0 Å². The van der Waals surface area contributed by atoms with Gasteiger partial charge in [-0.3, -0.25) is 10.1 Å². The number of nitro benzene ring substituents is 1. The van der Waals surface area contributed by atoms with Gasteiger partial charge in [-0.05, 0) is 34.9 Å². The van der Waals surface area contributed by atoms with Gasteiger partial charge in [0.2, 0.25) is 0 Å². The van der Waals surface area contributed by atoms with Crippen LogP contribution in [0.2, 0.25) is 0 Å². The maximum Gasteiger partial charge on any atom is 0.275 e. The van der Waals surface area contributed by atoms with Gasteiger partial charge in [0, 0.05) is 30.4 Å². The van der Waals surface area contributed by atoms with E-state index in [9.17, 15) is 10.1 Å². The van der Waals surface area contributed by atoms with Crippen molar-refractivity contribution in [3.63, 3.8) is 0 Å². The topological polar surface area (TPSA) is 67.6 Å². The molecule has 0 radical (unpaired) electrons. The van der Waals surface area contributed by atoms with Crippen molar-refractivity contribution in [1.29, 1.82) is 0 Å². The minimum Gasteiger partial charge on any atom is -0.491 e. The number of rotatable bonds is 7. The largest absolute Gasteiger partial charge is 0.491 e. The second-order valence-corrected chi connectivity index (χ2v) is 5.33. The molecule has 6 nitrogen and oxygen atoms in total. The Balaban J connectivity index is 2.88. The van der Waals surface area contributed by atoms with E-state index in [0.717, 1.165) is 0 Å². The Morgan fingerprint density at radius 3 is 2.45 bits per heavy atom. The lowest BCUT2D eigenvalue weighted by atomic mass is 10.2. The molecule has 1 unspecified atom stereocenters. The Morgan fingerprint density at radius 2 is 1.95 bits per heavy atom. The number of hydrogen-bond donors (Lipinski definition) is 1. The van der Waals surface area contributed by atoms with E-state index in [-0.39, 0.29) is 11.8 Å². The predicted molar refractivity (Wildman–Crippen MR) is 80.5 cm³/mol. The zero-order valence-electron chi connectivity index (χ0n) is 12.7. The van der Waals surface area contributed by atoms with E-state index in [1.807, 2.05) is 27.9 Å². The maximum atomic E-state index is 11.0. The zero-order valence-corrected chi connectivity index (χ0v) is 12.7. The SMILES string of the molecule is CC(C)Oc1cc(NCC(C)N(C)C)cc([N+](=O)[O-])c1. The standard InChI is InChI=1S/C14H23N3O3/c1-10(2)20-14-7-12(6-13(8-14)17(18)19)15-9-11(3)16(4)5/h6-8,10-11,15H,9H2,1-5H3. The fourth-order valence-corrected chi connectivity index (χ4v) is 1.58. The van der Waals surface area contributed by atoms with Crippen LogP contribution < -0.4 is 10.1 Å². The van der Waals surface area contributed by atoms with Crippen molar-refractivity contribution in [3.8, 4) is 5.75 Å². The summed E-state index contributed by atoms with van der Waals surface area (Å²) in [4.78, 5) is 12.6. The maximum absolute atomic E-state index is 11.0. The lowest BCUT2D eigenvalue weighted by Crippen LogP contribution is -2.31. The number of nitrogens with one attached hydrogen (secondary N) is 1. The molecule has 0 amide bonds. The number of likely N-dealkylation sites (N-methyl/N-ethyl adjacent to an activating group) is 1. The summed E-state index contributed by atoms with van der Waals surface area (Å²) in [6.45, 7) is 6.56. The Morgan fingerprint density at radius 1 is 1.30 bits per heavy atom. The molecule has 0 aliphatic carbocycles. The first kappa shape index (κ1) is 16.2. The molecule has 112 valence electrons. The first-order chi connectivity index (χ1) is 9.29. The number of nitrogens with zero attached hydrogens (tertiary/aromatic N) is 2. The van der Waals surface area contributed by atoms with Gasteiger partial charge in [0.05, 0.1) is 17.1 Å². The van der Waals surface area contributed by atoms with Crippen LogP contribution in [0, 0.1) is 10.1 Å². The van der Waals surface area contributed by atoms with Crippen molar-refractivity contribution in [1.82, 2.24) is 4.90 Å². The molecule has 0 bridgehead atoms. The second kappa shape index (κ2) is 7.09. The van der Waals surface area contributed by atoms with Gasteiger partial charge in [0.1, 0.15) is 5.75 Å². The quantitative estimate of drug-likeness (QED) is 0.615. The summed E-state index contributed by atoms with van der Waals surface area (Å²) in [5, 5.41) is 14.2. The van der Waals surface area contributed by atoms with Gasteiger partial charge >= 0.3 is 0 Å². The summed E-state index contributed by atoms with van der Waals surface area (Å²) in [5.41, 5.74) is 0.728. The second-order valence-electron chi connectivity index (χ2n) is 5.33. The molecule has 1 aromatic carbocycles. The molecule has 1 rings (SSSR count). The van der Waals surface area contributed by atoms with E-state index < -0.39 is 4.92 Å². The first-order valence-corrected chi connectivity index (χ1v) is 6.66. The van der Waals surface area contributed by atoms with Gasteiger partial charge in [-0.25, -0.2) is 0 Å². The number of anilines is 1. The normalized spacial score (nSPS) is 12.6. The molecule has 0 heterocycles. The van der Waals surface area contributed by atoms with E-state index in [0.29, 0.717) is 24.0 Å². The molecule has 0 saturated heterocycles. The Kier molecular flexibility index (Phi) is 5.76. The third-order valence-electron chi connectivity index (χ3n) is 2.96. The third kappa shape index (κ3) is 5.05. The van der Waals surface area contributed by atoms with Gasteiger partial charge in [0.15, 0.2) is 0 Å². The summed E-state index contributed by atoms with van der Waals surface area (Å²) in [6, 6.07) is 5.08. The first-order valence-electron chi connectivity index (χ1n) is 6.66. The van der Waals surface area contributed by atoms with Gasteiger partial charge in [-0.1, -0.05) is 0 Å². The van der Waals surface area contributed by atoms with Crippen LogP contribution >= 0.6 is 0 Å². The van der Waals surface area contributed by atoms with Crippen LogP contribution in [0.4, 0.5) is 11.4 Å². The predicted octanol–water partition coefficient (Wildman–Crippen LogP) is 2.74. The Labute approximate surface area is 119 Å². The zero-order chi connectivity index (χ0) is 15.3. The molecule has 0 aliphatic rings. The monoisotopic (exact) mass is 281 g/mol. The molecular weight excluding hydrogens is 258 g/mol. The average Bonchev–Trinajstić information content (AvgIpc) is 2.34. The highest BCUT2D eigenvalue weighted by Gasteiger charge is 2.12. The smallest absolute Gasteiger partial charge is 0.275 e. The minimum absolute atomic E-state index is 0.0226. The Hall–Kier alpha value is -1.82. The van der Waals surface area contributed by atoms with Crippen LogP contribution in [0.5, 0.6) is 5.75 Å². The van der Waals surface area contributed by atoms with E-state index >= 15 is 0 Å². The van der Waals surface area contributed by atoms with E-state index in [1.165, 1.54) is 12.1 Å². The molecule has 1 atom stereocenters. The molecular formula is C14H23N3O3. The Bertz CT molecular complexity index is 461. The van der Waals surface area contributed by atoms with Crippen molar-refractivity contribution < 1.29 is 9.66 Å². The van der Waals surface area contributed by atoms with Crippen LogP contribution in [0.25, 0.3) is 0 Å².